The van der Waals surface area contributed by atoms with E-state index in [1.807, 2.05) is 0 Å². The third-order valence-corrected chi connectivity index (χ3v) is 6.97. The van der Waals surface area contributed by atoms with Crippen molar-refractivity contribution >= 4 is 28.3 Å². The molecule has 7 nitrogen and oxygen atoms in total. The number of hydrogen-bond donors (Lipinski definition) is 2. The van der Waals surface area contributed by atoms with Gasteiger partial charge in [-0.15, -0.1) is 12.4 Å². The molecule has 1 saturated heterocycles. The maximum Gasteiger partial charge on any atom is 0.243 e. The minimum Gasteiger partial charge on any atom is -0.497 e. The summed E-state index contributed by atoms with van der Waals surface area (Å²) in [6, 6.07) is 6.37. The van der Waals surface area contributed by atoms with Crippen LogP contribution in [0, 0.1) is 5.92 Å². The molecule has 1 aromatic rings. The number of rotatable bonds is 9. The number of nitrogens with zero attached hydrogens (tertiary/aromatic N) is 1. The summed E-state index contributed by atoms with van der Waals surface area (Å²) in [6.45, 7) is 3.22. The number of unbranched alkanes of at least 4 members (excludes halogenated alkanes) is 1. The van der Waals surface area contributed by atoms with Crippen LogP contribution in [0.4, 0.5) is 0 Å². The van der Waals surface area contributed by atoms with Crippen LogP contribution in [0.15, 0.2) is 29.2 Å². The van der Waals surface area contributed by atoms with E-state index in [0.29, 0.717) is 38.2 Å². The zero-order valence-corrected chi connectivity index (χ0v) is 18.2. The van der Waals surface area contributed by atoms with Crippen molar-refractivity contribution in [2.24, 2.45) is 11.7 Å². The fraction of sp³-hybridized carbons (Fsp3) is 0.632. The van der Waals surface area contributed by atoms with Gasteiger partial charge in [-0.2, -0.15) is 4.31 Å². The van der Waals surface area contributed by atoms with Crippen LogP contribution in [0.5, 0.6) is 5.75 Å². The van der Waals surface area contributed by atoms with Crippen LogP contribution in [-0.4, -0.2) is 51.4 Å². The van der Waals surface area contributed by atoms with Gasteiger partial charge >= 0.3 is 0 Å². The van der Waals surface area contributed by atoms with Gasteiger partial charge in [0.25, 0.3) is 0 Å². The number of piperidine rings is 1. The number of halogens is 1. The Labute approximate surface area is 174 Å². The van der Waals surface area contributed by atoms with Gasteiger partial charge in [0.15, 0.2) is 0 Å². The molecule has 9 heteroatoms. The highest BCUT2D eigenvalue weighted by Crippen LogP contribution is 2.25. The second kappa shape index (κ2) is 11.6. The van der Waals surface area contributed by atoms with Gasteiger partial charge in [0, 0.05) is 31.6 Å². The van der Waals surface area contributed by atoms with Crippen molar-refractivity contribution < 1.29 is 17.9 Å². The molecule has 2 rings (SSSR count). The van der Waals surface area contributed by atoms with Crippen molar-refractivity contribution in [1.82, 2.24) is 9.62 Å². The molecule has 0 aromatic heterocycles. The third kappa shape index (κ3) is 6.34. The number of carbonyl (C=O) groups excluding carboxylic acids is 1. The molecular weight excluding hydrogens is 402 g/mol. The van der Waals surface area contributed by atoms with E-state index in [2.05, 4.69) is 12.2 Å². The maximum atomic E-state index is 12.8. The van der Waals surface area contributed by atoms with Gasteiger partial charge in [-0.3, -0.25) is 4.79 Å². The average molecular weight is 434 g/mol. The van der Waals surface area contributed by atoms with Gasteiger partial charge in [-0.25, -0.2) is 8.42 Å². The highest BCUT2D eigenvalue weighted by molar-refractivity contribution is 7.89. The standard InChI is InChI=1S/C19H31N3O4S.ClH/c1-3-4-5-16(14-20)21-19(23)15-10-12-22(13-11-15)27(24,25)18-8-6-17(26-2)7-9-18;/h6-9,15-16H,3-5,10-14,20H2,1-2H3,(H,21,23);1H. The molecule has 0 saturated carbocycles. The first-order valence-corrected chi connectivity index (χ1v) is 11.0. The van der Waals surface area contributed by atoms with Crippen molar-refractivity contribution in [3.05, 3.63) is 24.3 Å². The summed E-state index contributed by atoms with van der Waals surface area (Å²) in [7, 11) is -2.01. The molecule has 0 bridgehead atoms. The van der Waals surface area contributed by atoms with E-state index in [1.165, 1.54) is 11.4 Å². The SMILES string of the molecule is CCCCC(CN)NC(=O)C1CCN(S(=O)(=O)c2ccc(OC)cc2)CC1.Cl. The van der Waals surface area contributed by atoms with Crippen LogP contribution >= 0.6 is 12.4 Å². The van der Waals surface area contributed by atoms with E-state index in [-0.39, 0.29) is 35.2 Å². The highest BCUT2D eigenvalue weighted by atomic mass is 35.5. The summed E-state index contributed by atoms with van der Waals surface area (Å²) < 4.78 is 32.1. The molecule has 3 N–H and O–H groups in total. The van der Waals surface area contributed by atoms with Crippen LogP contribution in [0.1, 0.15) is 39.0 Å². The molecule has 160 valence electrons. The second-order valence-electron chi connectivity index (χ2n) is 6.94. The summed E-state index contributed by atoms with van der Waals surface area (Å²) in [4.78, 5) is 12.7. The number of benzene rings is 1. The van der Waals surface area contributed by atoms with Gasteiger partial charge < -0.3 is 15.8 Å². The molecule has 1 amide bonds. The van der Waals surface area contributed by atoms with Gasteiger partial charge in [0.2, 0.25) is 15.9 Å². The van der Waals surface area contributed by atoms with Gasteiger partial charge in [-0.05, 0) is 43.5 Å². The molecule has 1 aliphatic rings. The third-order valence-electron chi connectivity index (χ3n) is 5.06. The lowest BCUT2D eigenvalue weighted by atomic mass is 9.96. The van der Waals surface area contributed by atoms with Crippen LogP contribution < -0.4 is 15.8 Å². The number of sulfonamides is 1. The topological polar surface area (TPSA) is 102 Å². The zero-order chi connectivity index (χ0) is 19.9. The molecule has 0 spiro atoms. The number of methoxy groups -OCH3 is 1. The first kappa shape index (κ1) is 24.7. The summed E-state index contributed by atoms with van der Waals surface area (Å²) in [5, 5.41) is 3.02. The number of hydrogen-bond acceptors (Lipinski definition) is 5. The predicted octanol–water partition coefficient (Wildman–Crippen LogP) is 2.15. The lowest BCUT2D eigenvalue weighted by Crippen LogP contribution is -2.47. The number of nitrogens with two attached hydrogens (primary N) is 1. The first-order chi connectivity index (χ1) is 12.9. The van der Waals surface area contributed by atoms with E-state index >= 15 is 0 Å². The number of nitrogens with one attached hydrogen (secondary N) is 1. The molecule has 1 unspecified atom stereocenters. The van der Waals surface area contributed by atoms with E-state index in [4.69, 9.17) is 10.5 Å². The van der Waals surface area contributed by atoms with E-state index < -0.39 is 10.0 Å². The summed E-state index contributed by atoms with van der Waals surface area (Å²) in [6.07, 6.45) is 4.01. The largest absolute Gasteiger partial charge is 0.497 e. The molecule has 1 aromatic carbocycles. The van der Waals surface area contributed by atoms with Crippen molar-refractivity contribution in [3.8, 4) is 5.75 Å². The van der Waals surface area contributed by atoms with Gasteiger partial charge in [0.1, 0.15) is 5.75 Å². The Balaban J connectivity index is 0.00000392. The van der Waals surface area contributed by atoms with Crippen LogP contribution in [0.3, 0.4) is 0 Å². The normalized spacial score (nSPS) is 16.8. The van der Waals surface area contributed by atoms with Crippen LogP contribution in [0.25, 0.3) is 0 Å². The van der Waals surface area contributed by atoms with Crippen LogP contribution in [-0.2, 0) is 14.8 Å². The Morgan fingerprint density at radius 3 is 2.39 bits per heavy atom. The lowest BCUT2D eigenvalue weighted by Gasteiger charge is -2.31. The lowest BCUT2D eigenvalue weighted by molar-refractivity contribution is -0.126. The summed E-state index contributed by atoms with van der Waals surface area (Å²) in [5.41, 5.74) is 5.74. The molecular formula is C19H32ClN3O4S. The van der Waals surface area contributed by atoms with Crippen molar-refractivity contribution in [3.63, 3.8) is 0 Å². The monoisotopic (exact) mass is 433 g/mol. The van der Waals surface area contributed by atoms with Gasteiger partial charge in [-0.1, -0.05) is 19.8 Å². The Hall–Kier alpha value is -1.35. The number of amides is 1. The Morgan fingerprint density at radius 2 is 1.89 bits per heavy atom. The minimum atomic E-state index is -3.55. The molecule has 1 aliphatic heterocycles. The Morgan fingerprint density at radius 1 is 1.29 bits per heavy atom. The molecule has 28 heavy (non-hydrogen) atoms. The van der Waals surface area contributed by atoms with E-state index in [0.717, 1.165) is 19.3 Å². The number of ether oxygens (including phenoxy) is 1. The summed E-state index contributed by atoms with van der Waals surface area (Å²) in [5.74, 6) is 0.438. The van der Waals surface area contributed by atoms with Crippen molar-refractivity contribution in [1.29, 1.82) is 0 Å². The Kier molecular flexibility index (Phi) is 10.2. The van der Waals surface area contributed by atoms with E-state index in [9.17, 15) is 13.2 Å². The number of carbonyl (C=O) groups is 1. The zero-order valence-electron chi connectivity index (χ0n) is 16.6. The van der Waals surface area contributed by atoms with Crippen molar-refractivity contribution in [2.45, 2.75) is 50.0 Å². The Bertz CT molecular complexity index is 704. The molecule has 0 radical (unpaired) electrons. The molecule has 1 fully saturated rings. The quantitative estimate of drug-likeness (QED) is 0.621. The minimum absolute atomic E-state index is 0. The average Bonchev–Trinajstić information content (AvgIpc) is 2.71. The van der Waals surface area contributed by atoms with E-state index in [1.54, 1.807) is 24.3 Å². The first-order valence-electron chi connectivity index (χ1n) is 9.57. The fourth-order valence-electron chi connectivity index (χ4n) is 3.27. The maximum absolute atomic E-state index is 12.8. The van der Waals surface area contributed by atoms with Crippen LogP contribution in [0.2, 0.25) is 0 Å². The smallest absolute Gasteiger partial charge is 0.243 e. The molecule has 1 atom stereocenters. The molecule has 1 heterocycles. The molecule has 0 aliphatic carbocycles. The highest BCUT2D eigenvalue weighted by Gasteiger charge is 2.32. The summed E-state index contributed by atoms with van der Waals surface area (Å²) >= 11 is 0. The van der Waals surface area contributed by atoms with Gasteiger partial charge in [0.05, 0.1) is 12.0 Å². The fourth-order valence-corrected chi connectivity index (χ4v) is 4.74. The second-order valence-corrected chi connectivity index (χ2v) is 8.88. The van der Waals surface area contributed by atoms with Crippen molar-refractivity contribution in [2.75, 3.05) is 26.7 Å². The predicted molar refractivity (Wildman–Crippen MR) is 112 cm³/mol.